The van der Waals surface area contributed by atoms with Gasteiger partial charge in [0.15, 0.2) is 12.3 Å². The molecule has 0 saturated carbocycles. The summed E-state index contributed by atoms with van der Waals surface area (Å²) in [6, 6.07) is 15.9. The Bertz CT molecular complexity index is 1270. The highest BCUT2D eigenvalue weighted by molar-refractivity contribution is 6.30. The first kappa shape index (κ1) is 20.7. The van der Waals surface area contributed by atoms with Crippen LogP contribution in [0.1, 0.15) is 0 Å². The molecule has 0 aliphatic carbocycles. The first-order chi connectivity index (χ1) is 14.8. The molecule has 2 heterocycles. The van der Waals surface area contributed by atoms with E-state index in [9.17, 15) is 18.0 Å². The van der Waals surface area contributed by atoms with Gasteiger partial charge >= 0.3 is 6.18 Å². The van der Waals surface area contributed by atoms with Gasteiger partial charge in [-0.25, -0.2) is 9.36 Å². The summed E-state index contributed by atoms with van der Waals surface area (Å²) in [7, 11) is 0. The van der Waals surface area contributed by atoms with Crippen LogP contribution in [-0.4, -0.2) is 32.3 Å². The molecule has 0 unspecified atom stereocenters. The molecule has 31 heavy (non-hydrogen) atoms. The van der Waals surface area contributed by atoms with E-state index in [1.807, 2.05) is 0 Å². The summed E-state index contributed by atoms with van der Waals surface area (Å²) in [4.78, 5) is 12.5. The van der Waals surface area contributed by atoms with Crippen molar-refractivity contribution >= 4 is 11.6 Å². The molecule has 6 nitrogen and oxygen atoms in total. The van der Waals surface area contributed by atoms with Gasteiger partial charge < -0.3 is 4.74 Å². The maximum atomic E-state index is 12.5. The lowest BCUT2D eigenvalue weighted by molar-refractivity contribution is -0.153. The highest BCUT2D eigenvalue weighted by Gasteiger charge is 2.28. The number of alkyl halides is 3. The van der Waals surface area contributed by atoms with Crippen LogP contribution in [0.15, 0.2) is 77.9 Å². The normalized spacial score (nSPS) is 11.5. The summed E-state index contributed by atoms with van der Waals surface area (Å²) in [6.07, 6.45) is -1.40. The lowest BCUT2D eigenvalue weighted by Crippen LogP contribution is -2.19. The van der Waals surface area contributed by atoms with E-state index < -0.39 is 12.8 Å². The third-order valence-corrected chi connectivity index (χ3v) is 4.49. The molecule has 2 aromatic heterocycles. The second kappa shape index (κ2) is 8.27. The van der Waals surface area contributed by atoms with E-state index in [1.165, 1.54) is 29.1 Å². The molecule has 0 spiro atoms. The van der Waals surface area contributed by atoms with Crippen molar-refractivity contribution in [2.45, 2.75) is 6.18 Å². The predicted molar refractivity (Wildman–Crippen MR) is 109 cm³/mol. The average Bonchev–Trinajstić information content (AvgIpc) is 3.22. The summed E-state index contributed by atoms with van der Waals surface area (Å²) in [6.45, 7) is -1.37. The lowest BCUT2D eigenvalue weighted by atomic mass is 10.2. The van der Waals surface area contributed by atoms with E-state index >= 15 is 0 Å². The number of rotatable bonds is 5. The van der Waals surface area contributed by atoms with Gasteiger partial charge in [0.25, 0.3) is 0 Å². The number of ether oxygens (including phenoxy) is 1. The van der Waals surface area contributed by atoms with Crippen molar-refractivity contribution in [1.29, 1.82) is 0 Å². The van der Waals surface area contributed by atoms with Crippen LogP contribution in [0.2, 0.25) is 5.02 Å². The molecule has 0 radical (unpaired) electrons. The molecule has 10 heteroatoms. The fourth-order valence-electron chi connectivity index (χ4n) is 2.89. The number of hydrogen-bond acceptors (Lipinski definition) is 4. The summed E-state index contributed by atoms with van der Waals surface area (Å²) >= 11 is 6.06. The number of hydrogen-bond donors (Lipinski definition) is 0. The quantitative estimate of drug-likeness (QED) is 0.446. The molecule has 158 valence electrons. The van der Waals surface area contributed by atoms with Gasteiger partial charge in [0, 0.05) is 17.3 Å². The van der Waals surface area contributed by atoms with Crippen LogP contribution < -0.4 is 10.2 Å². The Balaban J connectivity index is 1.67. The zero-order valence-electron chi connectivity index (χ0n) is 15.8. The van der Waals surface area contributed by atoms with Crippen LogP contribution >= 0.6 is 11.6 Å². The Morgan fingerprint density at radius 1 is 1.00 bits per heavy atom. The van der Waals surface area contributed by atoms with Crippen molar-refractivity contribution < 1.29 is 17.9 Å². The monoisotopic (exact) mass is 446 g/mol. The standard InChI is InChI=1S/C21H14ClF3N4O2/c22-14-2-1-3-16(12-14)29-18(8-10-26-29)20-19(30)9-11-28(27-20)15-4-6-17(7-5-15)31-13-21(23,24)25/h1-12H,13H2. The van der Waals surface area contributed by atoms with Crippen molar-refractivity contribution in [3.05, 3.63) is 88.3 Å². The van der Waals surface area contributed by atoms with Crippen molar-refractivity contribution in [3.8, 4) is 28.5 Å². The number of aromatic nitrogens is 4. The van der Waals surface area contributed by atoms with Gasteiger partial charge in [-0.05, 0) is 48.5 Å². The van der Waals surface area contributed by atoms with Crippen molar-refractivity contribution in [2.24, 2.45) is 0 Å². The minimum Gasteiger partial charge on any atom is -0.484 e. The van der Waals surface area contributed by atoms with E-state index in [1.54, 1.807) is 53.3 Å². The lowest BCUT2D eigenvalue weighted by Gasteiger charge is -2.11. The van der Waals surface area contributed by atoms with Crippen molar-refractivity contribution in [2.75, 3.05) is 6.61 Å². The van der Waals surface area contributed by atoms with Gasteiger partial charge in [-0.2, -0.15) is 23.4 Å². The van der Waals surface area contributed by atoms with Crippen LogP contribution in [0.5, 0.6) is 5.75 Å². The van der Waals surface area contributed by atoms with Crippen LogP contribution in [0.4, 0.5) is 13.2 Å². The van der Waals surface area contributed by atoms with Crippen LogP contribution in [-0.2, 0) is 0 Å². The molecule has 0 atom stereocenters. The highest BCUT2D eigenvalue weighted by Crippen LogP contribution is 2.22. The Kier molecular flexibility index (Phi) is 5.51. The molecule has 4 aromatic rings. The minimum absolute atomic E-state index is 0.0707. The van der Waals surface area contributed by atoms with Gasteiger partial charge in [0.1, 0.15) is 5.75 Å². The molecule has 0 fully saturated rings. The molecule has 0 aliphatic heterocycles. The molecule has 0 aliphatic rings. The number of benzene rings is 2. The summed E-state index contributed by atoms with van der Waals surface area (Å²) < 4.78 is 44.6. The number of nitrogens with zero attached hydrogens (tertiary/aromatic N) is 4. The second-order valence-electron chi connectivity index (χ2n) is 6.48. The summed E-state index contributed by atoms with van der Waals surface area (Å²) in [5, 5.41) is 9.18. The maximum absolute atomic E-state index is 12.5. The fourth-order valence-corrected chi connectivity index (χ4v) is 3.07. The summed E-state index contributed by atoms with van der Waals surface area (Å²) in [5.41, 5.74) is 1.50. The molecule has 0 bridgehead atoms. The van der Waals surface area contributed by atoms with Crippen molar-refractivity contribution in [3.63, 3.8) is 0 Å². The molecule has 0 amide bonds. The first-order valence-corrected chi connectivity index (χ1v) is 9.38. The fraction of sp³-hybridized carbons (Fsp3) is 0.0952. The van der Waals surface area contributed by atoms with Crippen LogP contribution in [0.3, 0.4) is 0 Å². The Hall–Kier alpha value is -3.59. The molecular weight excluding hydrogens is 433 g/mol. The van der Waals surface area contributed by atoms with E-state index in [0.29, 0.717) is 22.1 Å². The largest absolute Gasteiger partial charge is 0.484 e. The minimum atomic E-state index is -4.42. The molecule has 2 aromatic carbocycles. The Morgan fingerprint density at radius 2 is 1.77 bits per heavy atom. The van der Waals surface area contributed by atoms with Gasteiger partial charge in [-0.3, -0.25) is 4.79 Å². The zero-order chi connectivity index (χ0) is 22.0. The molecule has 4 rings (SSSR count). The molecular formula is C21H14ClF3N4O2. The highest BCUT2D eigenvalue weighted by atomic mass is 35.5. The van der Waals surface area contributed by atoms with Gasteiger partial charge in [0.2, 0.25) is 5.43 Å². The predicted octanol–water partition coefficient (Wildman–Crippen LogP) is 4.68. The van der Waals surface area contributed by atoms with Gasteiger partial charge in [-0.1, -0.05) is 17.7 Å². The smallest absolute Gasteiger partial charge is 0.422 e. The van der Waals surface area contributed by atoms with Crippen LogP contribution in [0.25, 0.3) is 22.8 Å². The first-order valence-electron chi connectivity index (χ1n) is 9.00. The third kappa shape index (κ3) is 4.77. The zero-order valence-corrected chi connectivity index (χ0v) is 16.5. The topological polar surface area (TPSA) is 61.9 Å². The molecule has 0 N–H and O–H groups in total. The van der Waals surface area contributed by atoms with E-state index in [0.717, 1.165) is 0 Å². The Labute approximate surface area is 179 Å². The summed E-state index contributed by atoms with van der Waals surface area (Å²) in [5.74, 6) is 0.0707. The van der Waals surface area contributed by atoms with E-state index in [-0.39, 0.29) is 16.9 Å². The Morgan fingerprint density at radius 3 is 2.48 bits per heavy atom. The van der Waals surface area contributed by atoms with Gasteiger partial charge in [0.05, 0.1) is 23.3 Å². The maximum Gasteiger partial charge on any atom is 0.422 e. The average molecular weight is 447 g/mol. The van der Waals surface area contributed by atoms with E-state index in [4.69, 9.17) is 16.3 Å². The number of halogens is 4. The SMILES string of the molecule is O=c1ccn(-c2ccc(OCC(F)(F)F)cc2)nc1-c1ccnn1-c1cccc(Cl)c1. The second-order valence-corrected chi connectivity index (χ2v) is 6.92. The molecule has 0 saturated heterocycles. The van der Waals surface area contributed by atoms with E-state index in [2.05, 4.69) is 10.2 Å². The van der Waals surface area contributed by atoms with Crippen molar-refractivity contribution in [1.82, 2.24) is 19.6 Å². The van der Waals surface area contributed by atoms with Crippen LogP contribution in [0, 0.1) is 0 Å². The third-order valence-electron chi connectivity index (χ3n) is 4.25. The van der Waals surface area contributed by atoms with Gasteiger partial charge in [-0.15, -0.1) is 0 Å².